The molecular formula is C32H27N3O5. The molecule has 0 saturated carbocycles. The Kier molecular flexibility index (Phi) is 7.87. The van der Waals surface area contributed by atoms with Crippen LogP contribution in [0, 0.1) is 0 Å². The second kappa shape index (κ2) is 12.0. The van der Waals surface area contributed by atoms with Crippen molar-refractivity contribution in [1.82, 2.24) is 9.78 Å². The van der Waals surface area contributed by atoms with E-state index in [1.54, 1.807) is 28.9 Å². The van der Waals surface area contributed by atoms with Gasteiger partial charge in [-0.15, -0.1) is 0 Å². The molecule has 5 aromatic rings. The number of amides is 1. The quantitative estimate of drug-likeness (QED) is 0.210. The fourth-order valence-electron chi connectivity index (χ4n) is 4.16. The fourth-order valence-corrected chi connectivity index (χ4v) is 4.16. The largest absolute Gasteiger partial charge is 0.494 e. The molecule has 5 rings (SSSR count). The van der Waals surface area contributed by atoms with Gasteiger partial charge in [0.1, 0.15) is 22.9 Å². The minimum absolute atomic E-state index is 0.0275. The molecule has 1 N–H and O–H groups in total. The second-order valence-electron chi connectivity index (χ2n) is 8.66. The zero-order valence-corrected chi connectivity index (χ0v) is 22.0. The summed E-state index contributed by atoms with van der Waals surface area (Å²) in [5.41, 5.74) is 2.50. The molecular weight excluding hydrogens is 506 g/mol. The van der Waals surface area contributed by atoms with Crippen molar-refractivity contribution in [3.8, 4) is 34.2 Å². The van der Waals surface area contributed by atoms with Crippen LogP contribution in [-0.2, 0) is 4.74 Å². The zero-order valence-electron chi connectivity index (χ0n) is 22.0. The van der Waals surface area contributed by atoms with E-state index in [0.717, 1.165) is 0 Å². The van der Waals surface area contributed by atoms with Crippen molar-refractivity contribution in [2.45, 2.75) is 6.92 Å². The number of hydrogen-bond acceptors (Lipinski definition) is 6. The molecule has 1 heterocycles. The van der Waals surface area contributed by atoms with Gasteiger partial charge in [0.05, 0.1) is 25.1 Å². The summed E-state index contributed by atoms with van der Waals surface area (Å²) in [7, 11) is 1.27. The summed E-state index contributed by atoms with van der Waals surface area (Å²) in [5.74, 6) is 0.976. The average Bonchev–Trinajstić information content (AvgIpc) is 3.37. The van der Waals surface area contributed by atoms with Gasteiger partial charge in [-0.2, -0.15) is 5.10 Å². The Bertz CT molecular complexity index is 1600. The number of hydrogen-bond donors (Lipinski definition) is 1. The lowest BCUT2D eigenvalue weighted by atomic mass is 10.1. The van der Waals surface area contributed by atoms with Crippen molar-refractivity contribution < 1.29 is 23.8 Å². The summed E-state index contributed by atoms with van der Waals surface area (Å²) in [6.45, 7) is 2.44. The molecule has 0 aliphatic rings. The number of aromatic nitrogens is 2. The molecule has 0 atom stereocenters. The molecule has 0 aliphatic heterocycles. The fraction of sp³-hybridized carbons (Fsp3) is 0.0938. The summed E-state index contributed by atoms with van der Waals surface area (Å²) in [6.07, 6.45) is 0. The van der Waals surface area contributed by atoms with E-state index in [0.29, 0.717) is 46.4 Å². The normalized spacial score (nSPS) is 10.6. The first-order chi connectivity index (χ1) is 19.6. The zero-order chi connectivity index (χ0) is 27.9. The molecule has 8 heteroatoms. The molecule has 0 aliphatic carbocycles. The van der Waals surface area contributed by atoms with E-state index in [9.17, 15) is 9.59 Å². The molecule has 0 bridgehead atoms. The van der Waals surface area contributed by atoms with Crippen LogP contribution >= 0.6 is 0 Å². The topological polar surface area (TPSA) is 91.7 Å². The highest BCUT2D eigenvalue weighted by Gasteiger charge is 2.27. The van der Waals surface area contributed by atoms with Gasteiger partial charge in [-0.3, -0.25) is 4.79 Å². The highest BCUT2D eigenvalue weighted by molar-refractivity contribution is 6.10. The van der Waals surface area contributed by atoms with E-state index in [4.69, 9.17) is 14.2 Å². The predicted molar refractivity (Wildman–Crippen MR) is 152 cm³/mol. The van der Waals surface area contributed by atoms with Crippen LogP contribution in [0.5, 0.6) is 17.2 Å². The van der Waals surface area contributed by atoms with Crippen LogP contribution in [-0.4, -0.2) is 35.4 Å². The van der Waals surface area contributed by atoms with Gasteiger partial charge in [0.2, 0.25) is 0 Å². The van der Waals surface area contributed by atoms with Gasteiger partial charge in [-0.1, -0.05) is 36.4 Å². The smallest absolute Gasteiger partial charge is 0.360 e. The number of nitrogens with one attached hydrogen (secondary N) is 1. The SMILES string of the molecule is CCOc1ccc(-c2c(NC(=O)c3ccccc3)c(C(=O)OC)nn2-c2ccc(Oc3ccccc3)cc2)cc1. The number of para-hydroxylation sites is 1. The maximum atomic E-state index is 13.2. The number of benzene rings is 4. The van der Waals surface area contributed by atoms with Crippen LogP contribution in [0.3, 0.4) is 0 Å². The first kappa shape index (κ1) is 26.2. The van der Waals surface area contributed by atoms with Gasteiger partial charge in [-0.25, -0.2) is 9.48 Å². The monoisotopic (exact) mass is 533 g/mol. The van der Waals surface area contributed by atoms with Crippen LogP contribution in [0.2, 0.25) is 0 Å². The Morgan fingerprint density at radius 1 is 0.775 bits per heavy atom. The number of anilines is 1. The summed E-state index contributed by atoms with van der Waals surface area (Å²) in [4.78, 5) is 26.1. The molecule has 0 unspecified atom stereocenters. The maximum absolute atomic E-state index is 13.2. The third kappa shape index (κ3) is 5.71. The van der Waals surface area contributed by atoms with Crippen LogP contribution in [0.25, 0.3) is 16.9 Å². The second-order valence-corrected chi connectivity index (χ2v) is 8.66. The first-order valence-electron chi connectivity index (χ1n) is 12.7. The summed E-state index contributed by atoms with van der Waals surface area (Å²) in [5, 5.41) is 7.51. The van der Waals surface area contributed by atoms with Crippen molar-refractivity contribution >= 4 is 17.6 Å². The third-order valence-electron chi connectivity index (χ3n) is 6.04. The molecule has 1 amide bonds. The average molecular weight is 534 g/mol. The lowest BCUT2D eigenvalue weighted by Gasteiger charge is -2.13. The van der Waals surface area contributed by atoms with Crippen molar-refractivity contribution in [2.24, 2.45) is 0 Å². The molecule has 8 nitrogen and oxygen atoms in total. The number of methoxy groups -OCH3 is 1. The van der Waals surface area contributed by atoms with Crippen LogP contribution in [0.4, 0.5) is 5.69 Å². The molecule has 0 fully saturated rings. The highest BCUT2D eigenvalue weighted by Crippen LogP contribution is 2.36. The summed E-state index contributed by atoms with van der Waals surface area (Å²) >= 11 is 0. The van der Waals surface area contributed by atoms with Crippen LogP contribution in [0.15, 0.2) is 109 Å². The van der Waals surface area contributed by atoms with E-state index in [-0.39, 0.29) is 17.3 Å². The predicted octanol–water partition coefficient (Wildman–Crippen LogP) is 6.77. The molecule has 40 heavy (non-hydrogen) atoms. The molecule has 0 saturated heterocycles. The molecule has 1 aromatic heterocycles. The lowest BCUT2D eigenvalue weighted by molar-refractivity contribution is 0.0594. The molecule has 0 radical (unpaired) electrons. The molecule has 200 valence electrons. The van der Waals surface area contributed by atoms with Crippen LogP contribution < -0.4 is 14.8 Å². The number of rotatable bonds is 9. The van der Waals surface area contributed by atoms with Gasteiger partial charge in [0, 0.05) is 11.1 Å². The van der Waals surface area contributed by atoms with Gasteiger partial charge in [0.25, 0.3) is 5.91 Å². The van der Waals surface area contributed by atoms with Crippen molar-refractivity contribution in [3.05, 3.63) is 120 Å². The standard InChI is InChI=1S/C32H27N3O5/c1-3-39-25-18-14-22(15-19-25)30-28(33-31(36)23-10-6-4-7-11-23)29(32(37)38-2)34-35(30)24-16-20-27(21-17-24)40-26-12-8-5-9-13-26/h4-21H,3H2,1-2H3,(H,33,36). The van der Waals surface area contributed by atoms with Crippen molar-refractivity contribution in [2.75, 3.05) is 19.0 Å². The number of carbonyl (C=O) groups is 2. The van der Waals surface area contributed by atoms with Gasteiger partial charge in [0.15, 0.2) is 5.69 Å². The first-order valence-corrected chi connectivity index (χ1v) is 12.7. The Morgan fingerprint density at radius 2 is 1.38 bits per heavy atom. The van der Waals surface area contributed by atoms with Gasteiger partial charge in [-0.05, 0) is 79.7 Å². The van der Waals surface area contributed by atoms with E-state index in [2.05, 4.69) is 10.4 Å². The summed E-state index contributed by atoms with van der Waals surface area (Å²) in [6, 6.07) is 32.8. The Balaban J connectivity index is 1.61. The van der Waals surface area contributed by atoms with E-state index < -0.39 is 5.97 Å². The van der Waals surface area contributed by atoms with Gasteiger partial charge >= 0.3 is 5.97 Å². The van der Waals surface area contributed by atoms with E-state index >= 15 is 0 Å². The molecule has 4 aromatic carbocycles. The number of ether oxygens (including phenoxy) is 3. The maximum Gasteiger partial charge on any atom is 0.360 e. The minimum Gasteiger partial charge on any atom is -0.494 e. The number of nitrogens with zero attached hydrogens (tertiary/aromatic N) is 2. The number of carbonyl (C=O) groups excluding carboxylic acids is 2. The molecule has 0 spiro atoms. The van der Waals surface area contributed by atoms with Gasteiger partial charge < -0.3 is 19.5 Å². The minimum atomic E-state index is -0.682. The lowest BCUT2D eigenvalue weighted by Crippen LogP contribution is -2.15. The summed E-state index contributed by atoms with van der Waals surface area (Å²) < 4.78 is 18.2. The Labute approximate surface area is 231 Å². The third-order valence-corrected chi connectivity index (χ3v) is 6.04. The van der Waals surface area contributed by atoms with E-state index in [1.807, 2.05) is 91.9 Å². The van der Waals surface area contributed by atoms with Crippen molar-refractivity contribution in [3.63, 3.8) is 0 Å². The van der Waals surface area contributed by atoms with Crippen molar-refractivity contribution in [1.29, 1.82) is 0 Å². The highest BCUT2D eigenvalue weighted by atomic mass is 16.5. The number of esters is 1. The van der Waals surface area contributed by atoms with E-state index in [1.165, 1.54) is 7.11 Å². The Morgan fingerprint density at radius 3 is 2.00 bits per heavy atom. The van der Waals surface area contributed by atoms with Crippen LogP contribution in [0.1, 0.15) is 27.8 Å². The Hall–Kier alpha value is -5.37.